The lowest BCUT2D eigenvalue weighted by molar-refractivity contribution is -0.139. The van der Waals surface area contributed by atoms with Gasteiger partial charge in [0.05, 0.1) is 17.2 Å². The van der Waals surface area contributed by atoms with Crippen LogP contribution in [0.5, 0.6) is 5.75 Å². The van der Waals surface area contributed by atoms with Crippen LogP contribution in [0.3, 0.4) is 0 Å². The van der Waals surface area contributed by atoms with Gasteiger partial charge in [-0.1, -0.05) is 24.3 Å². The Balaban J connectivity index is 2.03. The molecule has 0 heterocycles. The van der Waals surface area contributed by atoms with Crippen molar-refractivity contribution < 1.29 is 27.1 Å². The van der Waals surface area contributed by atoms with Gasteiger partial charge in [-0.2, -0.15) is 0 Å². The van der Waals surface area contributed by atoms with Crippen molar-refractivity contribution in [3.8, 4) is 5.75 Å². The van der Waals surface area contributed by atoms with Gasteiger partial charge >= 0.3 is 0 Å². The van der Waals surface area contributed by atoms with Crippen LogP contribution in [-0.2, 0) is 26.2 Å². The summed E-state index contributed by atoms with van der Waals surface area (Å²) in [4.78, 5) is 28.2. The molecule has 2 amide bonds. The number of carbonyl (C=O) groups excluding carboxylic acids is 2. The smallest absolute Gasteiger partial charge is 0.264 e. The largest absolute Gasteiger partial charge is 0.494 e. The average Bonchev–Trinajstić information content (AvgIpc) is 2.91. The fraction of sp³-hybridized carbons (Fsp3) is 0.333. The van der Waals surface area contributed by atoms with Gasteiger partial charge in [-0.05, 0) is 94.3 Å². The van der Waals surface area contributed by atoms with Gasteiger partial charge in [0.1, 0.15) is 24.2 Å². The van der Waals surface area contributed by atoms with Crippen molar-refractivity contribution in [3.05, 3.63) is 89.7 Å². The number of ether oxygens (including phenoxy) is 1. The number of nitrogens with one attached hydrogen (secondary N) is 1. The molecule has 3 rings (SSSR count). The molecule has 0 aliphatic rings. The molecule has 3 aromatic rings. The van der Waals surface area contributed by atoms with E-state index in [1.54, 1.807) is 6.92 Å². The van der Waals surface area contributed by atoms with Crippen molar-refractivity contribution in [1.29, 1.82) is 0 Å². The van der Waals surface area contributed by atoms with E-state index in [2.05, 4.69) is 5.32 Å². The van der Waals surface area contributed by atoms with Crippen molar-refractivity contribution in [2.24, 2.45) is 0 Å². The molecule has 0 bridgehead atoms. The molecule has 3 aromatic carbocycles. The average molecular weight is 570 g/mol. The van der Waals surface area contributed by atoms with E-state index < -0.39 is 34.3 Å². The lowest BCUT2D eigenvalue weighted by Gasteiger charge is -2.32. The van der Waals surface area contributed by atoms with Crippen LogP contribution in [0.15, 0.2) is 77.7 Å². The summed E-state index contributed by atoms with van der Waals surface area (Å²) in [7, 11) is -4.27. The summed E-state index contributed by atoms with van der Waals surface area (Å²) in [5, 5.41) is 2.82. The highest BCUT2D eigenvalue weighted by Gasteiger charge is 2.33. The minimum atomic E-state index is -4.27. The molecule has 0 unspecified atom stereocenters. The lowest BCUT2D eigenvalue weighted by Crippen LogP contribution is -2.52. The first kappa shape index (κ1) is 30.6. The Hall–Kier alpha value is -3.92. The van der Waals surface area contributed by atoms with Crippen LogP contribution >= 0.6 is 0 Å². The Morgan fingerprint density at radius 3 is 2.15 bits per heavy atom. The maximum Gasteiger partial charge on any atom is 0.264 e. The molecule has 0 fully saturated rings. The molecule has 1 N–H and O–H groups in total. The quantitative estimate of drug-likeness (QED) is 0.342. The fourth-order valence-corrected chi connectivity index (χ4v) is 5.51. The molecule has 0 radical (unpaired) electrons. The molecule has 0 saturated heterocycles. The monoisotopic (exact) mass is 569 g/mol. The van der Waals surface area contributed by atoms with E-state index in [-0.39, 0.29) is 29.1 Å². The fourth-order valence-electron chi connectivity index (χ4n) is 4.10. The molecule has 0 aliphatic heterocycles. The number of hydrogen-bond acceptors (Lipinski definition) is 5. The van der Waals surface area contributed by atoms with E-state index >= 15 is 0 Å². The number of aryl methyl sites for hydroxylation is 1. The Labute approximate surface area is 235 Å². The van der Waals surface area contributed by atoms with Crippen molar-refractivity contribution >= 4 is 27.5 Å². The molecular formula is C30H36FN3O5S. The summed E-state index contributed by atoms with van der Waals surface area (Å²) >= 11 is 0. The van der Waals surface area contributed by atoms with E-state index in [0.29, 0.717) is 12.4 Å². The summed E-state index contributed by atoms with van der Waals surface area (Å²) in [5.41, 5.74) is 1.86. The Bertz CT molecular complexity index is 1410. The Morgan fingerprint density at radius 2 is 1.57 bits per heavy atom. The summed E-state index contributed by atoms with van der Waals surface area (Å²) in [6.07, 6.45) is 0. The van der Waals surface area contributed by atoms with Gasteiger partial charge in [0.2, 0.25) is 11.8 Å². The first-order valence-electron chi connectivity index (χ1n) is 13.1. The zero-order chi connectivity index (χ0) is 29.4. The number of sulfonamides is 1. The number of anilines is 1. The zero-order valence-electron chi connectivity index (χ0n) is 23.4. The third kappa shape index (κ3) is 7.59. The molecule has 0 aromatic heterocycles. The number of carbonyl (C=O) groups is 2. The van der Waals surface area contributed by atoms with Gasteiger partial charge in [0.25, 0.3) is 10.0 Å². The minimum Gasteiger partial charge on any atom is -0.494 e. The number of amides is 2. The second-order valence-corrected chi connectivity index (χ2v) is 11.5. The topological polar surface area (TPSA) is 96.0 Å². The van der Waals surface area contributed by atoms with Crippen LogP contribution in [0.25, 0.3) is 0 Å². The summed E-state index contributed by atoms with van der Waals surface area (Å²) in [6, 6.07) is 17.1. The molecule has 40 heavy (non-hydrogen) atoms. The van der Waals surface area contributed by atoms with Crippen molar-refractivity contribution in [1.82, 2.24) is 10.2 Å². The van der Waals surface area contributed by atoms with Crippen LogP contribution in [0.2, 0.25) is 0 Å². The molecule has 8 nitrogen and oxygen atoms in total. The van der Waals surface area contributed by atoms with E-state index in [9.17, 15) is 22.4 Å². The first-order valence-corrected chi connectivity index (χ1v) is 14.5. The van der Waals surface area contributed by atoms with Crippen LogP contribution in [0.4, 0.5) is 10.1 Å². The predicted molar refractivity (Wildman–Crippen MR) is 153 cm³/mol. The molecule has 10 heteroatoms. The maximum absolute atomic E-state index is 13.9. The number of hydrogen-bond donors (Lipinski definition) is 1. The van der Waals surface area contributed by atoms with E-state index in [1.807, 2.05) is 52.0 Å². The maximum atomic E-state index is 13.9. The SMILES string of the molecule is CCOc1ccc(S(=O)(=O)N(CC(=O)N(Cc2ccccc2C)[C@@H](C)C(=O)NC(C)C)c2ccc(F)cc2)cc1. The lowest BCUT2D eigenvalue weighted by atomic mass is 10.1. The molecule has 0 aliphatic carbocycles. The normalized spacial score (nSPS) is 12.1. The van der Waals surface area contributed by atoms with Gasteiger partial charge in [-0.3, -0.25) is 13.9 Å². The third-order valence-electron chi connectivity index (χ3n) is 6.32. The van der Waals surface area contributed by atoms with Crippen molar-refractivity contribution in [3.63, 3.8) is 0 Å². The molecule has 1 atom stereocenters. The highest BCUT2D eigenvalue weighted by atomic mass is 32.2. The van der Waals surface area contributed by atoms with Gasteiger partial charge in [-0.25, -0.2) is 12.8 Å². The summed E-state index contributed by atoms with van der Waals surface area (Å²) in [5.74, 6) is -0.998. The molecule has 0 saturated carbocycles. The molecular weight excluding hydrogens is 533 g/mol. The summed E-state index contributed by atoms with van der Waals surface area (Å²) in [6.45, 7) is 8.87. The minimum absolute atomic E-state index is 0.0656. The second-order valence-electron chi connectivity index (χ2n) is 9.68. The number of halogens is 1. The summed E-state index contributed by atoms with van der Waals surface area (Å²) < 4.78 is 47.8. The van der Waals surface area contributed by atoms with E-state index in [0.717, 1.165) is 27.6 Å². The number of rotatable bonds is 12. The Morgan fingerprint density at radius 1 is 0.950 bits per heavy atom. The van der Waals surface area contributed by atoms with E-state index in [4.69, 9.17) is 4.74 Å². The van der Waals surface area contributed by atoms with Gasteiger partial charge < -0.3 is 15.0 Å². The van der Waals surface area contributed by atoms with Crippen LogP contribution in [-0.4, -0.2) is 50.4 Å². The van der Waals surface area contributed by atoms with Crippen LogP contribution in [0.1, 0.15) is 38.8 Å². The number of benzene rings is 3. The van der Waals surface area contributed by atoms with Crippen LogP contribution < -0.4 is 14.4 Å². The zero-order valence-corrected chi connectivity index (χ0v) is 24.2. The highest BCUT2D eigenvalue weighted by Crippen LogP contribution is 2.26. The first-order chi connectivity index (χ1) is 18.9. The Kier molecular flexibility index (Phi) is 10.3. The van der Waals surface area contributed by atoms with E-state index in [1.165, 1.54) is 41.3 Å². The van der Waals surface area contributed by atoms with Crippen LogP contribution in [0, 0.1) is 12.7 Å². The predicted octanol–water partition coefficient (Wildman–Crippen LogP) is 4.67. The molecule has 0 spiro atoms. The van der Waals surface area contributed by atoms with Crippen molar-refractivity contribution in [2.75, 3.05) is 17.5 Å². The van der Waals surface area contributed by atoms with Gasteiger partial charge in [-0.15, -0.1) is 0 Å². The van der Waals surface area contributed by atoms with Gasteiger partial charge in [0, 0.05) is 12.6 Å². The number of nitrogens with zero attached hydrogens (tertiary/aromatic N) is 2. The standard InChI is InChI=1S/C30H36FN3O5S/c1-6-39-27-15-17-28(18-16-27)40(37,38)34(26-13-11-25(31)12-14-26)20-29(35)33(23(5)30(36)32-21(2)3)19-24-10-8-7-9-22(24)4/h7-18,21,23H,6,19-20H2,1-5H3,(H,32,36)/t23-/m0/s1. The molecule has 214 valence electrons. The highest BCUT2D eigenvalue weighted by molar-refractivity contribution is 7.92. The third-order valence-corrected chi connectivity index (χ3v) is 8.10. The van der Waals surface area contributed by atoms with Gasteiger partial charge in [0.15, 0.2) is 0 Å². The second kappa shape index (κ2) is 13.4. The van der Waals surface area contributed by atoms with Crippen molar-refractivity contribution in [2.45, 2.75) is 58.1 Å².